The van der Waals surface area contributed by atoms with Gasteiger partial charge in [0, 0.05) is 13.2 Å². The first-order valence-corrected chi connectivity index (χ1v) is 5.77. The van der Waals surface area contributed by atoms with Crippen molar-refractivity contribution >= 4 is 0 Å². The number of rotatable bonds is 10. The van der Waals surface area contributed by atoms with E-state index in [4.69, 9.17) is 15.6 Å². The van der Waals surface area contributed by atoms with Crippen molar-refractivity contribution in [2.45, 2.75) is 51.6 Å². The molecule has 3 heteroatoms. The molecule has 0 heterocycles. The van der Waals surface area contributed by atoms with Crippen LogP contribution < -0.4 is 5.73 Å². The van der Waals surface area contributed by atoms with Crippen molar-refractivity contribution in [3.05, 3.63) is 0 Å². The van der Waals surface area contributed by atoms with Crippen LogP contribution in [-0.2, 0) is 4.74 Å². The SMILES string of the molecule is CCCCCCCCOCC(O)CN. The van der Waals surface area contributed by atoms with Gasteiger partial charge in [-0.05, 0) is 6.42 Å². The Hall–Kier alpha value is -0.120. The minimum atomic E-state index is -0.491. The summed E-state index contributed by atoms with van der Waals surface area (Å²) in [6, 6.07) is 0. The zero-order chi connectivity index (χ0) is 10.6. The first-order chi connectivity index (χ1) is 6.81. The summed E-state index contributed by atoms with van der Waals surface area (Å²) < 4.78 is 5.26. The van der Waals surface area contributed by atoms with Crippen molar-refractivity contribution in [3.8, 4) is 0 Å². The van der Waals surface area contributed by atoms with E-state index in [1.54, 1.807) is 0 Å². The number of nitrogens with two attached hydrogens (primary N) is 1. The third-order valence-electron chi connectivity index (χ3n) is 2.22. The molecule has 0 amide bonds. The average Bonchev–Trinajstić information content (AvgIpc) is 2.21. The summed E-state index contributed by atoms with van der Waals surface area (Å²) in [4.78, 5) is 0. The van der Waals surface area contributed by atoms with E-state index in [1.165, 1.54) is 32.1 Å². The second-order valence-electron chi connectivity index (χ2n) is 3.73. The molecular formula is C11H25NO2. The summed E-state index contributed by atoms with van der Waals surface area (Å²) in [6.07, 6.45) is 7.11. The van der Waals surface area contributed by atoms with Gasteiger partial charge >= 0.3 is 0 Å². The maximum absolute atomic E-state index is 9.08. The molecule has 1 atom stereocenters. The molecule has 0 spiro atoms. The van der Waals surface area contributed by atoms with Crippen LogP contribution in [0.25, 0.3) is 0 Å². The van der Waals surface area contributed by atoms with Crippen LogP contribution in [-0.4, -0.2) is 31.0 Å². The lowest BCUT2D eigenvalue weighted by molar-refractivity contribution is 0.0396. The van der Waals surface area contributed by atoms with Crippen LogP contribution in [0.3, 0.4) is 0 Å². The second-order valence-corrected chi connectivity index (χ2v) is 3.73. The number of aliphatic hydroxyl groups excluding tert-OH is 1. The standard InChI is InChI=1S/C11H25NO2/c1-2-3-4-5-6-7-8-14-10-11(13)9-12/h11,13H,2-10,12H2,1H3. The summed E-state index contributed by atoms with van der Waals surface area (Å²) in [6.45, 7) is 3.64. The molecule has 0 rings (SSSR count). The molecule has 0 bridgehead atoms. The molecule has 14 heavy (non-hydrogen) atoms. The van der Waals surface area contributed by atoms with Gasteiger partial charge in [-0.15, -0.1) is 0 Å². The highest BCUT2D eigenvalue weighted by Gasteiger charge is 1.99. The third kappa shape index (κ3) is 9.96. The van der Waals surface area contributed by atoms with Crippen LogP contribution in [0.15, 0.2) is 0 Å². The maximum Gasteiger partial charge on any atom is 0.0895 e. The fraction of sp³-hybridized carbons (Fsp3) is 1.00. The smallest absolute Gasteiger partial charge is 0.0895 e. The van der Waals surface area contributed by atoms with Gasteiger partial charge in [0.1, 0.15) is 0 Å². The van der Waals surface area contributed by atoms with Crippen LogP contribution in [0.1, 0.15) is 45.4 Å². The van der Waals surface area contributed by atoms with Crippen molar-refractivity contribution in [3.63, 3.8) is 0 Å². The van der Waals surface area contributed by atoms with Gasteiger partial charge in [-0.2, -0.15) is 0 Å². The molecular weight excluding hydrogens is 178 g/mol. The molecule has 0 saturated heterocycles. The lowest BCUT2D eigenvalue weighted by Crippen LogP contribution is -2.25. The Labute approximate surface area is 87.6 Å². The quantitative estimate of drug-likeness (QED) is 0.531. The first-order valence-electron chi connectivity index (χ1n) is 5.77. The zero-order valence-corrected chi connectivity index (χ0v) is 9.37. The maximum atomic E-state index is 9.08. The number of unbranched alkanes of at least 4 members (excludes halogenated alkanes) is 5. The Morgan fingerprint density at radius 3 is 2.43 bits per heavy atom. The predicted molar refractivity (Wildman–Crippen MR) is 59.3 cm³/mol. The van der Waals surface area contributed by atoms with Crippen molar-refractivity contribution < 1.29 is 9.84 Å². The van der Waals surface area contributed by atoms with Crippen molar-refractivity contribution in [2.75, 3.05) is 19.8 Å². The Morgan fingerprint density at radius 2 is 1.79 bits per heavy atom. The third-order valence-corrected chi connectivity index (χ3v) is 2.22. The number of hydrogen-bond acceptors (Lipinski definition) is 3. The average molecular weight is 203 g/mol. The van der Waals surface area contributed by atoms with E-state index in [0.717, 1.165) is 13.0 Å². The van der Waals surface area contributed by atoms with E-state index in [1.807, 2.05) is 0 Å². The van der Waals surface area contributed by atoms with Gasteiger partial charge in [0.15, 0.2) is 0 Å². The van der Waals surface area contributed by atoms with Gasteiger partial charge in [0.2, 0.25) is 0 Å². The van der Waals surface area contributed by atoms with Crippen molar-refractivity contribution in [2.24, 2.45) is 5.73 Å². The molecule has 0 aromatic heterocycles. The van der Waals surface area contributed by atoms with Crippen LogP contribution >= 0.6 is 0 Å². The first kappa shape index (κ1) is 13.9. The van der Waals surface area contributed by atoms with Gasteiger partial charge in [0.05, 0.1) is 12.7 Å². The topological polar surface area (TPSA) is 55.5 Å². The molecule has 0 aliphatic rings. The second kappa shape index (κ2) is 11.0. The van der Waals surface area contributed by atoms with E-state index in [0.29, 0.717) is 6.61 Å². The van der Waals surface area contributed by atoms with Gasteiger partial charge in [-0.1, -0.05) is 39.0 Å². The molecule has 86 valence electrons. The van der Waals surface area contributed by atoms with E-state index >= 15 is 0 Å². The van der Waals surface area contributed by atoms with Crippen LogP contribution in [0.4, 0.5) is 0 Å². The Balaban J connectivity index is 2.92. The summed E-state index contributed by atoms with van der Waals surface area (Å²) in [5.41, 5.74) is 5.24. The molecule has 0 aliphatic carbocycles. The van der Waals surface area contributed by atoms with E-state index in [-0.39, 0.29) is 6.54 Å². The van der Waals surface area contributed by atoms with Crippen molar-refractivity contribution in [1.82, 2.24) is 0 Å². The normalized spacial score (nSPS) is 13.1. The minimum Gasteiger partial charge on any atom is -0.389 e. The van der Waals surface area contributed by atoms with Gasteiger partial charge in [-0.3, -0.25) is 0 Å². The number of ether oxygens (including phenoxy) is 1. The fourth-order valence-corrected chi connectivity index (χ4v) is 1.27. The van der Waals surface area contributed by atoms with Gasteiger partial charge in [-0.25, -0.2) is 0 Å². The van der Waals surface area contributed by atoms with Crippen LogP contribution in [0.5, 0.6) is 0 Å². The molecule has 3 nitrogen and oxygen atoms in total. The molecule has 0 aromatic carbocycles. The Kier molecular flexibility index (Phi) is 10.9. The van der Waals surface area contributed by atoms with Crippen LogP contribution in [0, 0.1) is 0 Å². The van der Waals surface area contributed by atoms with Gasteiger partial charge in [0.25, 0.3) is 0 Å². The summed E-state index contributed by atoms with van der Waals surface area (Å²) >= 11 is 0. The summed E-state index contributed by atoms with van der Waals surface area (Å²) in [7, 11) is 0. The monoisotopic (exact) mass is 203 g/mol. The molecule has 0 aromatic rings. The highest BCUT2D eigenvalue weighted by molar-refractivity contribution is 4.52. The van der Waals surface area contributed by atoms with Crippen molar-refractivity contribution in [1.29, 1.82) is 0 Å². The zero-order valence-electron chi connectivity index (χ0n) is 9.37. The highest BCUT2D eigenvalue weighted by atomic mass is 16.5. The lowest BCUT2D eigenvalue weighted by atomic mass is 10.1. The van der Waals surface area contributed by atoms with E-state index < -0.39 is 6.10 Å². The predicted octanol–water partition coefficient (Wildman–Crippen LogP) is 1.68. The molecule has 0 saturated carbocycles. The highest BCUT2D eigenvalue weighted by Crippen LogP contribution is 2.04. The van der Waals surface area contributed by atoms with Gasteiger partial charge < -0.3 is 15.6 Å². The molecule has 0 fully saturated rings. The molecule has 0 aliphatic heterocycles. The summed E-state index contributed by atoms with van der Waals surface area (Å²) in [5.74, 6) is 0. The van der Waals surface area contributed by atoms with E-state index in [9.17, 15) is 0 Å². The number of hydrogen-bond donors (Lipinski definition) is 2. The van der Waals surface area contributed by atoms with E-state index in [2.05, 4.69) is 6.92 Å². The molecule has 1 unspecified atom stereocenters. The minimum absolute atomic E-state index is 0.288. The van der Waals surface area contributed by atoms with Crippen LogP contribution in [0.2, 0.25) is 0 Å². The Bertz CT molecular complexity index is 109. The summed E-state index contributed by atoms with van der Waals surface area (Å²) in [5, 5.41) is 9.08. The molecule has 0 radical (unpaired) electrons. The fourth-order valence-electron chi connectivity index (χ4n) is 1.27. The Morgan fingerprint density at radius 1 is 1.14 bits per heavy atom. The molecule has 3 N–H and O–H groups in total. The lowest BCUT2D eigenvalue weighted by Gasteiger charge is -2.08. The largest absolute Gasteiger partial charge is 0.389 e. The number of aliphatic hydroxyl groups is 1.